The van der Waals surface area contributed by atoms with Gasteiger partial charge < -0.3 is 14.7 Å². The van der Waals surface area contributed by atoms with E-state index in [4.69, 9.17) is 10.1 Å². The highest BCUT2D eigenvalue weighted by atomic mass is 15.3. The zero-order valence-electron chi connectivity index (χ0n) is 22.1. The largest absolute Gasteiger partial charge is 0.378 e. The maximum absolute atomic E-state index is 4.89. The van der Waals surface area contributed by atoms with Crippen LogP contribution in [0, 0.1) is 0 Å². The Hall–Kier alpha value is -3.23. The van der Waals surface area contributed by atoms with Crippen LogP contribution in [0.1, 0.15) is 30.9 Å². The average Bonchev–Trinajstić information content (AvgIpc) is 3.32. The first kappa shape index (κ1) is 24.5. The number of rotatable bonds is 6. The molecule has 0 saturated carbocycles. The molecular formula is C28H38N8. The molecular weight excluding hydrogens is 448 g/mol. The Morgan fingerprint density at radius 2 is 1.81 bits per heavy atom. The number of hydrogen-bond donors (Lipinski definition) is 0. The van der Waals surface area contributed by atoms with Crippen molar-refractivity contribution in [3.8, 4) is 0 Å². The van der Waals surface area contributed by atoms with E-state index in [2.05, 4.69) is 62.8 Å². The Bertz CT molecular complexity index is 1240. The summed E-state index contributed by atoms with van der Waals surface area (Å²) in [6.07, 6.45) is 10.6. The summed E-state index contributed by atoms with van der Waals surface area (Å²) >= 11 is 0. The van der Waals surface area contributed by atoms with Gasteiger partial charge in [0.1, 0.15) is 0 Å². The molecule has 0 radical (unpaired) electrons. The Labute approximate surface area is 214 Å². The number of hydrogen-bond acceptors (Lipinski definition) is 7. The molecule has 1 aromatic carbocycles. The van der Waals surface area contributed by atoms with Gasteiger partial charge in [0.2, 0.25) is 0 Å². The molecule has 2 aliphatic heterocycles. The van der Waals surface area contributed by atoms with Crippen molar-refractivity contribution in [1.82, 2.24) is 24.4 Å². The summed E-state index contributed by atoms with van der Waals surface area (Å²) in [7, 11) is 6.31. The van der Waals surface area contributed by atoms with Gasteiger partial charge in [-0.05, 0) is 57.3 Å². The van der Waals surface area contributed by atoms with E-state index >= 15 is 0 Å². The molecule has 190 valence electrons. The second kappa shape index (κ2) is 10.4. The molecule has 3 aromatic rings. The zero-order valence-corrected chi connectivity index (χ0v) is 22.1. The Morgan fingerprint density at radius 3 is 2.47 bits per heavy atom. The highest BCUT2D eigenvalue weighted by molar-refractivity contribution is 5.91. The van der Waals surface area contributed by atoms with Crippen LogP contribution in [0.4, 0.5) is 17.1 Å². The molecule has 0 unspecified atom stereocenters. The van der Waals surface area contributed by atoms with E-state index in [1.807, 2.05) is 44.0 Å². The number of aromatic nitrogens is 3. The number of benzene rings is 1. The van der Waals surface area contributed by atoms with Gasteiger partial charge in [0.05, 0.1) is 30.0 Å². The molecule has 4 heterocycles. The molecule has 0 atom stereocenters. The van der Waals surface area contributed by atoms with Crippen molar-refractivity contribution in [1.29, 1.82) is 0 Å². The molecule has 8 nitrogen and oxygen atoms in total. The summed E-state index contributed by atoms with van der Waals surface area (Å²) in [5, 5.41) is 4.69. The zero-order chi connectivity index (χ0) is 25.2. The van der Waals surface area contributed by atoms with Gasteiger partial charge in [0.25, 0.3) is 0 Å². The van der Waals surface area contributed by atoms with Crippen LogP contribution in [-0.4, -0.2) is 97.6 Å². The molecule has 36 heavy (non-hydrogen) atoms. The Balaban J connectivity index is 1.36. The van der Waals surface area contributed by atoms with Crippen molar-refractivity contribution in [3.63, 3.8) is 0 Å². The van der Waals surface area contributed by atoms with Crippen molar-refractivity contribution in [3.05, 3.63) is 54.0 Å². The summed E-state index contributed by atoms with van der Waals surface area (Å²) in [6, 6.07) is 6.94. The van der Waals surface area contributed by atoms with Crippen LogP contribution in [0.5, 0.6) is 0 Å². The van der Waals surface area contributed by atoms with E-state index in [0.717, 1.165) is 52.5 Å². The molecule has 0 aliphatic carbocycles. The number of anilines is 2. The molecule has 0 N–H and O–H groups in total. The van der Waals surface area contributed by atoms with Crippen LogP contribution < -0.4 is 9.80 Å². The van der Waals surface area contributed by atoms with Crippen LogP contribution in [0.3, 0.4) is 0 Å². The minimum Gasteiger partial charge on any atom is -0.378 e. The highest BCUT2D eigenvalue weighted by Gasteiger charge is 2.27. The van der Waals surface area contributed by atoms with Gasteiger partial charge in [0, 0.05) is 76.2 Å². The lowest BCUT2D eigenvalue weighted by Gasteiger charge is -2.42. The Kier molecular flexibility index (Phi) is 7.07. The summed E-state index contributed by atoms with van der Waals surface area (Å²) < 4.78 is 1.91. The summed E-state index contributed by atoms with van der Waals surface area (Å²) in [5.41, 5.74) is 7.05. The van der Waals surface area contributed by atoms with Gasteiger partial charge in [-0.2, -0.15) is 5.10 Å². The fourth-order valence-electron chi connectivity index (χ4n) is 5.51. The molecule has 2 saturated heterocycles. The van der Waals surface area contributed by atoms with E-state index in [-0.39, 0.29) is 0 Å². The van der Waals surface area contributed by atoms with Crippen LogP contribution in [0.15, 0.2) is 47.9 Å². The lowest BCUT2D eigenvalue weighted by Crippen LogP contribution is -2.52. The minimum atomic E-state index is 0.700. The maximum Gasteiger partial charge on any atom is 0.162 e. The van der Waals surface area contributed by atoms with Crippen LogP contribution in [-0.2, 0) is 0 Å². The third-order valence-electron chi connectivity index (χ3n) is 7.76. The maximum atomic E-state index is 4.89. The monoisotopic (exact) mass is 486 g/mol. The normalized spacial score (nSPS) is 18.7. The molecule has 0 amide bonds. The molecule has 0 spiro atoms. The van der Waals surface area contributed by atoms with E-state index in [1.165, 1.54) is 39.0 Å². The van der Waals surface area contributed by atoms with E-state index < -0.39 is 0 Å². The molecule has 2 aromatic heterocycles. The summed E-state index contributed by atoms with van der Waals surface area (Å²) in [6.45, 7) is 12.7. The number of fused-ring (bicyclic) bond motifs is 1. The standard InChI is InChI=1S/C28H38N8/c1-6-24(25-17-22(32(3)4)7-8-27(25)29-2)26-19-31-36-20-23(18-30-28(26)36)34-11-9-21(10-12-34)35-15-13-33(5)14-16-35/h6-8,17-21H,2,9-16H2,1,3-5H3/b24-6+. The van der Waals surface area contributed by atoms with Gasteiger partial charge in [0.15, 0.2) is 5.65 Å². The topological polar surface area (TPSA) is 55.5 Å². The predicted octanol–water partition coefficient (Wildman–Crippen LogP) is 3.80. The molecule has 2 fully saturated rings. The molecule has 0 bridgehead atoms. The highest BCUT2D eigenvalue weighted by Crippen LogP contribution is 2.35. The van der Waals surface area contributed by atoms with Crippen molar-refractivity contribution < 1.29 is 0 Å². The molecule has 2 aliphatic rings. The van der Waals surface area contributed by atoms with Crippen LogP contribution in [0.2, 0.25) is 0 Å². The van der Waals surface area contributed by atoms with Crippen molar-refractivity contribution >= 4 is 35.0 Å². The second-order valence-electron chi connectivity index (χ2n) is 10.2. The fraction of sp³-hybridized carbons (Fsp3) is 0.464. The third-order valence-corrected chi connectivity index (χ3v) is 7.76. The van der Waals surface area contributed by atoms with Crippen LogP contribution in [0.25, 0.3) is 11.2 Å². The number of piperidine rings is 1. The van der Waals surface area contributed by atoms with Crippen molar-refractivity contribution in [2.75, 3.05) is 70.2 Å². The lowest BCUT2D eigenvalue weighted by atomic mass is 9.97. The lowest BCUT2D eigenvalue weighted by molar-refractivity contribution is 0.0982. The SMILES string of the molecule is C=Nc1ccc(N(C)C)cc1/C(=C\C)c1cnn2cc(N3CCC(N4CCN(C)CC4)CC3)cnc12. The molecule has 5 rings (SSSR count). The van der Waals surface area contributed by atoms with Crippen molar-refractivity contribution in [2.24, 2.45) is 4.99 Å². The van der Waals surface area contributed by atoms with Gasteiger partial charge >= 0.3 is 0 Å². The number of aliphatic imine (C=N–C) groups is 1. The Morgan fingerprint density at radius 1 is 1.06 bits per heavy atom. The first-order chi connectivity index (χ1) is 17.5. The smallest absolute Gasteiger partial charge is 0.162 e. The fourth-order valence-corrected chi connectivity index (χ4v) is 5.51. The number of nitrogens with zero attached hydrogens (tertiary/aromatic N) is 8. The van der Waals surface area contributed by atoms with Gasteiger partial charge in [-0.25, -0.2) is 9.50 Å². The van der Waals surface area contributed by atoms with Gasteiger partial charge in [-0.15, -0.1) is 0 Å². The van der Waals surface area contributed by atoms with Crippen LogP contribution >= 0.6 is 0 Å². The van der Waals surface area contributed by atoms with E-state index in [9.17, 15) is 0 Å². The van der Waals surface area contributed by atoms with Gasteiger partial charge in [-0.3, -0.25) is 9.89 Å². The average molecular weight is 487 g/mol. The summed E-state index contributed by atoms with van der Waals surface area (Å²) in [4.78, 5) is 18.8. The first-order valence-electron chi connectivity index (χ1n) is 12.9. The quantitative estimate of drug-likeness (QED) is 0.494. The predicted molar refractivity (Wildman–Crippen MR) is 150 cm³/mol. The van der Waals surface area contributed by atoms with Crippen molar-refractivity contribution in [2.45, 2.75) is 25.8 Å². The second-order valence-corrected chi connectivity index (χ2v) is 10.2. The third kappa shape index (κ3) is 4.75. The first-order valence-corrected chi connectivity index (χ1v) is 12.9. The van der Waals surface area contributed by atoms with E-state index in [1.54, 1.807) is 0 Å². The number of allylic oxidation sites excluding steroid dienone is 1. The van der Waals surface area contributed by atoms with Gasteiger partial charge in [-0.1, -0.05) is 6.08 Å². The summed E-state index contributed by atoms with van der Waals surface area (Å²) in [5.74, 6) is 0. The number of likely N-dealkylation sites (N-methyl/N-ethyl adjacent to an activating group) is 1. The number of piperazine rings is 1. The minimum absolute atomic E-state index is 0.700. The molecule has 8 heteroatoms. The van der Waals surface area contributed by atoms with E-state index in [0.29, 0.717) is 6.04 Å².